The fraction of sp³-hybridized carbons (Fsp3) is 0.636. The van der Waals surface area contributed by atoms with Gasteiger partial charge in [-0.3, -0.25) is 10.1 Å². The van der Waals surface area contributed by atoms with Gasteiger partial charge in [0.05, 0.1) is 10.8 Å². The Hall–Kier alpha value is -2.07. The van der Waals surface area contributed by atoms with Gasteiger partial charge in [0.1, 0.15) is 11.1 Å². The monoisotopic (exact) mass is 412 g/mol. The number of carbonyl (C=O) groups is 2. The Morgan fingerprint density at radius 1 is 1.21 bits per heavy atom. The van der Waals surface area contributed by atoms with Crippen molar-refractivity contribution in [1.82, 2.24) is 15.6 Å². The highest BCUT2D eigenvalue weighted by Crippen LogP contribution is 2.55. The Morgan fingerprint density at radius 3 is 2.34 bits per heavy atom. The fourth-order valence-corrected chi connectivity index (χ4v) is 7.02. The van der Waals surface area contributed by atoms with E-state index >= 15 is 0 Å². The number of nitrogens with zero attached hydrogens (tertiary/aromatic N) is 2. The Bertz CT molecular complexity index is 856. The first-order chi connectivity index (χ1) is 13.8. The van der Waals surface area contributed by atoms with Crippen molar-refractivity contribution >= 4 is 23.7 Å². The Labute approximate surface area is 176 Å². The standard InChI is InChI=1S/C22H28N4O2S/c1-12-4-13(2)24-20(18(12)11-23)29-14(3)19(27)25-21(28)26-22-8-15-5-16(9-22)7-17(6-15)10-22/h4,14-17H,5-10H2,1-3H3,(H2,25,26,27,28)/t14-,15?,16?,17?,22?/m0/s1. The number of aryl methyl sites for hydroxylation is 2. The highest BCUT2D eigenvalue weighted by Gasteiger charge is 2.51. The summed E-state index contributed by atoms with van der Waals surface area (Å²) in [6, 6.07) is 3.63. The van der Waals surface area contributed by atoms with E-state index in [2.05, 4.69) is 21.7 Å². The first-order valence-corrected chi connectivity index (χ1v) is 11.3. The van der Waals surface area contributed by atoms with Crippen LogP contribution in [0.15, 0.2) is 11.1 Å². The molecule has 0 spiro atoms. The van der Waals surface area contributed by atoms with Gasteiger partial charge in [0.25, 0.3) is 0 Å². The number of hydrogen-bond acceptors (Lipinski definition) is 5. The molecule has 29 heavy (non-hydrogen) atoms. The minimum atomic E-state index is -0.530. The van der Waals surface area contributed by atoms with Gasteiger partial charge < -0.3 is 5.32 Å². The molecule has 0 aromatic carbocycles. The molecule has 0 radical (unpaired) electrons. The molecule has 6 nitrogen and oxygen atoms in total. The molecular weight excluding hydrogens is 384 g/mol. The van der Waals surface area contributed by atoms with Gasteiger partial charge in [0.15, 0.2) is 0 Å². The van der Waals surface area contributed by atoms with E-state index in [1.165, 1.54) is 31.0 Å². The minimum Gasteiger partial charge on any atom is -0.332 e. The molecule has 4 aliphatic rings. The summed E-state index contributed by atoms with van der Waals surface area (Å²) < 4.78 is 0. The molecule has 5 rings (SSSR count). The van der Waals surface area contributed by atoms with E-state index in [4.69, 9.17) is 0 Å². The van der Waals surface area contributed by atoms with Crippen LogP contribution in [0, 0.1) is 42.9 Å². The van der Waals surface area contributed by atoms with E-state index in [0.717, 1.165) is 48.3 Å². The number of thioether (sulfide) groups is 1. The van der Waals surface area contributed by atoms with Crippen LogP contribution in [0.25, 0.3) is 0 Å². The topological polar surface area (TPSA) is 94.9 Å². The van der Waals surface area contributed by atoms with Crippen molar-refractivity contribution in [3.8, 4) is 6.07 Å². The van der Waals surface area contributed by atoms with E-state index in [9.17, 15) is 14.9 Å². The van der Waals surface area contributed by atoms with Gasteiger partial charge in [0.2, 0.25) is 5.91 Å². The van der Waals surface area contributed by atoms with Crippen molar-refractivity contribution in [3.63, 3.8) is 0 Å². The molecule has 2 N–H and O–H groups in total. The van der Waals surface area contributed by atoms with Crippen LogP contribution in [-0.4, -0.2) is 27.7 Å². The van der Waals surface area contributed by atoms with Gasteiger partial charge in [-0.05, 0) is 88.7 Å². The van der Waals surface area contributed by atoms with Gasteiger partial charge in [-0.2, -0.15) is 5.26 Å². The van der Waals surface area contributed by atoms with Crippen LogP contribution in [0.3, 0.4) is 0 Å². The zero-order valence-corrected chi connectivity index (χ0v) is 18.1. The van der Waals surface area contributed by atoms with Crippen LogP contribution < -0.4 is 10.6 Å². The summed E-state index contributed by atoms with van der Waals surface area (Å²) in [6.45, 7) is 5.46. The largest absolute Gasteiger partial charge is 0.332 e. The van der Waals surface area contributed by atoms with Gasteiger partial charge in [-0.25, -0.2) is 9.78 Å². The highest BCUT2D eigenvalue weighted by atomic mass is 32.2. The number of imide groups is 1. The molecule has 7 heteroatoms. The lowest BCUT2D eigenvalue weighted by Crippen LogP contribution is -2.62. The van der Waals surface area contributed by atoms with Crippen molar-refractivity contribution in [1.29, 1.82) is 5.26 Å². The molecule has 4 aliphatic carbocycles. The average Bonchev–Trinajstić information content (AvgIpc) is 2.59. The number of amides is 3. The maximum absolute atomic E-state index is 12.6. The lowest BCUT2D eigenvalue weighted by molar-refractivity contribution is -0.119. The molecule has 1 aromatic heterocycles. The number of nitrogens with one attached hydrogen (secondary N) is 2. The third-order valence-electron chi connectivity index (χ3n) is 6.73. The minimum absolute atomic E-state index is 0.126. The molecule has 1 aromatic rings. The fourth-order valence-electron chi connectivity index (χ4n) is 5.99. The van der Waals surface area contributed by atoms with Crippen LogP contribution in [0.4, 0.5) is 4.79 Å². The maximum atomic E-state index is 12.6. The summed E-state index contributed by atoms with van der Waals surface area (Å²) in [5.41, 5.74) is 2.00. The SMILES string of the molecule is Cc1cc(C)c(C#N)c(S[C@@H](C)C(=O)NC(=O)NC23CC4CC(CC(C4)C2)C3)n1. The Morgan fingerprint density at radius 2 is 1.79 bits per heavy atom. The summed E-state index contributed by atoms with van der Waals surface area (Å²) in [5.74, 6) is 1.83. The van der Waals surface area contributed by atoms with Crippen LogP contribution in [0.2, 0.25) is 0 Å². The molecular formula is C22H28N4O2S. The highest BCUT2D eigenvalue weighted by molar-refractivity contribution is 8.00. The molecule has 0 aliphatic heterocycles. The van der Waals surface area contributed by atoms with Crippen molar-refractivity contribution in [2.75, 3.05) is 0 Å². The van der Waals surface area contributed by atoms with Crippen LogP contribution in [0.5, 0.6) is 0 Å². The third kappa shape index (κ3) is 4.13. The van der Waals surface area contributed by atoms with Crippen molar-refractivity contribution < 1.29 is 9.59 Å². The molecule has 4 fully saturated rings. The summed E-state index contributed by atoms with van der Waals surface area (Å²) in [5, 5.41) is 15.1. The Kier molecular flexibility index (Phi) is 5.32. The predicted octanol–water partition coefficient (Wildman–Crippen LogP) is 3.85. The van der Waals surface area contributed by atoms with Crippen LogP contribution in [-0.2, 0) is 4.79 Å². The van der Waals surface area contributed by atoms with Crippen molar-refractivity contribution in [2.24, 2.45) is 17.8 Å². The summed E-state index contributed by atoms with van der Waals surface area (Å²) in [7, 11) is 0. The molecule has 154 valence electrons. The number of rotatable bonds is 4. The quantitative estimate of drug-likeness (QED) is 0.733. The Balaban J connectivity index is 1.37. The lowest BCUT2D eigenvalue weighted by Gasteiger charge is -2.56. The van der Waals surface area contributed by atoms with E-state index in [-0.39, 0.29) is 11.4 Å². The predicted molar refractivity (Wildman–Crippen MR) is 111 cm³/mol. The zero-order chi connectivity index (χ0) is 20.8. The molecule has 0 unspecified atom stereocenters. The first-order valence-electron chi connectivity index (χ1n) is 10.4. The molecule has 1 heterocycles. The number of urea groups is 1. The maximum Gasteiger partial charge on any atom is 0.321 e. The molecule has 0 saturated heterocycles. The number of pyridine rings is 1. The van der Waals surface area contributed by atoms with E-state index < -0.39 is 11.3 Å². The lowest BCUT2D eigenvalue weighted by atomic mass is 9.53. The third-order valence-corrected chi connectivity index (χ3v) is 7.82. The molecule has 1 atom stereocenters. The van der Waals surface area contributed by atoms with E-state index in [1.807, 2.05) is 19.9 Å². The molecule has 4 bridgehead atoms. The smallest absolute Gasteiger partial charge is 0.321 e. The van der Waals surface area contributed by atoms with Gasteiger partial charge >= 0.3 is 6.03 Å². The second-order valence-corrected chi connectivity index (χ2v) is 10.6. The van der Waals surface area contributed by atoms with E-state index in [0.29, 0.717) is 10.6 Å². The first kappa shape index (κ1) is 20.2. The van der Waals surface area contributed by atoms with E-state index in [1.54, 1.807) is 6.92 Å². The van der Waals surface area contributed by atoms with Crippen LogP contribution >= 0.6 is 11.8 Å². The summed E-state index contributed by atoms with van der Waals surface area (Å²) in [4.78, 5) is 29.6. The van der Waals surface area contributed by atoms with Gasteiger partial charge in [-0.15, -0.1) is 0 Å². The number of nitriles is 1. The number of hydrogen-bond donors (Lipinski definition) is 2. The number of carbonyl (C=O) groups excluding carboxylic acids is 2. The van der Waals surface area contributed by atoms with Gasteiger partial charge in [-0.1, -0.05) is 11.8 Å². The second kappa shape index (κ2) is 7.64. The summed E-state index contributed by atoms with van der Waals surface area (Å²) in [6.07, 6.45) is 7.05. The normalized spacial score (nSPS) is 30.5. The second-order valence-electron chi connectivity index (χ2n) is 9.27. The van der Waals surface area contributed by atoms with Gasteiger partial charge in [0, 0.05) is 11.2 Å². The molecule has 4 saturated carbocycles. The summed E-state index contributed by atoms with van der Waals surface area (Å²) >= 11 is 1.22. The zero-order valence-electron chi connectivity index (χ0n) is 17.2. The van der Waals surface area contributed by atoms with Crippen LogP contribution in [0.1, 0.15) is 62.3 Å². The number of aromatic nitrogens is 1. The van der Waals surface area contributed by atoms with Crippen molar-refractivity contribution in [2.45, 2.75) is 75.1 Å². The van der Waals surface area contributed by atoms with Crippen molar-refractivity contribution in [3.05, 3.63) is 22.9 Å². The molecule has 3 amide bonds. The average molecular weight is 413 g/mol.